The van der Waals surface area contributed by atoms with Crippen LogP contribution in [-0.4, -0.2) is 54.6 Å². The number of amides is 2. The predicted molar refractivity (Wildman–Crippen MR) is 111 cm³/mol. The molecule has 0 radical (unpaired) electrons. The van der Waals surface area contributed by atoms with Gasteiger partial charge in [0.2, 0.25) is 0 Å². The number of piperidine rings is 1. The minimum absolute atomic E-state index is 0.124. The Bertz CT molecular complexity index is 779. The van der Waals surface area contributed by atoms with Crippen LogP contribution in [0.5, 0.6) is 0 Å². The standard InChI is InChI=1S/C22H29ClN2O3/c1-22(2,3)28-21(27)25-13-11-16(12-14-25)7-6-8-17-9-10-18(19(23)15-17)20(26)24(4)5/h9-10,15-16H,7,11-14H2,1-5H3. The fraction of sp³-hybridized carbons (Fsp3) is 0.545. The lowest BCUT2D eigenvalue weighted by Crippen LogP contribution is -2.41. The van der Waals surface area contributed by atoms with Gasteiger partial charge < -0.3 is 14.5 Å². The summed E-state index contributed by atoms with van der Waals surface area (Å²) in [6, 6.07) is 5.27. The van der Waals surface area contributed by atoms with Crippen LogP contribution in [0.25, 0.3) is 0 Å². The number of likely N-dealkylation sites (tertiary alicyclic amines) is 1. The molecule has 0 unspecified atom stereocenters. The summed E-state index contributed by atoms with van der Waals surface area (Å²) < 4.78 is 5.42. The second-order valence-electron chi connectivity index (χ2n) is 8.31. The lowest BCUT2D eigenvalue weighted by Gasteiger charge is -2.32. The van der Waals surface area contributed by atoms with Crippen molar-refractivity contribution in [3.8, 4) is 11.8 Å². The molecule has 5 nitrogen and oxygen atoms in total. The van der Waals surface area contributed by atoms with Crippen molar-refractivity contribution in [2.75, 3.05) is 27.2 Å². The molecule has 1 aromatic carbocycles. The molecule has 1 fully saturated rings. The molecule has 1 heterocycles. The van der Waals surface area contributed by atoms with Crippen molar-refractivity contribution in [1.29, 1.82) is 0 Å². The molecule has 28 heavy (non-hydrogen) atoms. The molecule has 6 heteroatoms. The van der Waals surface area contributed by atoms with Crippen molar-refractivity contribution in [3.63, 3.8) is 0 Å². The summed E-state index contributed by atoms with van der Waals surface area (Å²) in [5.41, 5.74) is 0.811. The van der Waals surface area contributed by atoms with Crippen LogP contribution in [0.15, 0.2) is 18.2 Å². The maximum absolute atomic E-state index is 12.1. The van der Waals surface area contributed by atoms with Gasteiger partial charge in [-0.3, -0.25) is 4.79 Å². The number of ether oxygens (including phenoxy) is 1. The first-order valence-electron chi connectivity index (χ1n) is 9.55. The normalized spacial score (nSPS) is 14.9. The van der Waals surface area contributed by atoms with Crippen LogP contribution in [-0.2, 0) is 4.74 Å². The van der Waals surface area contributed by atoms with Gasteiger partial charge in [-0.25, -0.2) is 4.79 Å². The Morgan fingerprint density at radius 1 is 1.25 bits per heavy atom. The molecule has 0 bridgehead atoms. The quantitative estimate of drug-likeness (QED) is 0.685. The molecule has 0 aromatic heterocycles. The number of hydrogen-bond donors (Lipinski definition) is 0. The third kappa shape index (κ3) is 6.45. The van der Waals surface area contributed by atoms with Crippen molar-refractivity contribution >= 4 is 23.6 Å². The van der Waals surface area contributed by atoms with E-state index < -0.39 is 5.60 Å². The SMILES string of the molecule is CN(C)C(=O)c1ccc(C#CCC2CCN(C(=O)OC(C)(C)C)CC2)cc1Cl. The Balaban J connectivity index is 1.87. The number of carbonyl (C=O) groups excluding carboxylic acids is 2. The molecule has 0 aliphatic carbocycles. The highest BCUT2D eigenvalue weighted by molar-refractivity contribution is 6.33. The van der Waals surface area contributed by atoms with Gasteiger partial charge in [-0.15, -0.1) is 0 Å². The van der Waals surface area contributed by atoms with Gasteiger partial charge in [0.25, 0.3) is 5.91 Å². The second kappa shape index (κ2) is 9.34. The summed E-state index contributed by atoms with van der Waals surface area (Å²) in [6.45, 7) is 7.04. The molecule has 0 N–H and O–H groups in total. The van der Waals surface area contributed by atoms with Gasteiger partial charge in [0.15, 0.2) is 0 Å². The Labute approximate surface area is 173 Å². The lowest BCUT2D eigenvalue weighted by atomic mass is 9.94. The average molecular weight is 405 g/mol. The maximum Gasteiger partial charge on any atom is 0.410 e. The van der Waals surface area contributed by atoms with Crippen LogP contribution in [0.1, 0.15) is 56.0 Å². The molecule has 1 aromatic rings. The first-order chi connectivity index (χ1) is 13.1. The molecule has 152 valence electrons. The monoisotopic (exact) mass is 404 g/mol. The average Bonchev–Trinajstić information content (AvgIpc) is 2.60. The Morgan fingerprint density at radius 3 is 2.43 bits per heavy atom. The Kier molecular flexibility index (Phi) is 7.37. The zero-order chi connectivity index (χ0) is 20.9. The second-order valence-corrected chi connectivity index (χ2v) is 8.72. The summed E-state index contributed by atoms with van der Waals surface area (Å²) in [5, 5.41) is 0.413. The minimum Gasteiger partial charge on any atom is -0.444 e. The third-order valence-corrected chi connectivity index (χ3v) is 4.81. The highest BCUT2D eigenvalue weighted by Crippen LogP contribution is 2.22. The number of rotatable bonds is 2. The molecular formula is C22H29ClN2O3. The van der Waals surface area contributed by atoms with Gasteiger partial charge in [0.05, 0.1) is 10.6 Å². The summed E-state index contributed by atoms with van der Waals surface area (Å²) in [6.07, 6.45) is 2.38. The summed E-state index contributed by atoms with van der Waals surface area (Å²) in [5.74, 6) is 6.69. The predicted octanol–water partition coefficient (Wildman–Crippen LogP) is 4.43. The number of carbonyl (C=O) groups is 2. The third-order valence-electron chi connectivity index (χ3n) is 4.50. The molecule has 1 aliphatic heterocycles. The van der Waals surface area contributed by atoms with Gasteiger partial charge >= 0.3 is 6.09 Å². The van der Waals surface area contributed by atoms with E-state index in [9.17, 15) is 9.59 Å². The largest absolute Gasteiger partial charge is 0.444 e. The molecule has 0 atom stereocenters. The molecule has 2 rings (SSSR count). The molecule has 1 saturated heterocycles. The van der Waals surface area contributed by atoms with E-state index in [0.717, 1.165) is 24.8 Å². The van der Waals surface area contributed by atoms with Crippen LogP contribution < -0.4 is 0 Å². The van der Waals surface area contributed by atoms with E-state index in [4.69, 9.17) is 16.3 Å². The van der Waals surface area contributed by atoms with Crippen LogP contribution in [0, 0.1) is 17.8 Å². The van der Waals surface area contributed by atoms with Crippen molar-refractivity contribution in [2.24, 2.45) is 5.92 Å². The minimum atomic E-state index is -0.465. The van der Waals surface area contributed by atoms with Crippen LogP contribution in [0.2, 0.25) is 5.02 Å². The van der Waals surface area contributed by atoms with Gasteiger partial charge in [-0.1, -0.05) is 23.4 Å². The molecular weight excluding hydrogens is 376 g/mol. The van der Waals surface area contributed by atoms with E-state index in [1.807, 2.05) is 26.8 Å². The van der Waals surface area contributed by atoms with Gasteiger partial charge in [-0.2, -0.15) is 0 Å². The van der Waals surface area contributed by atoms with E-state index in [-0.39, 0.29) is 12.0 Å². The van der Waals surface area contributed by atoms with E-state index in [2.05, 4.69) is 11.8 Å². The van der Waals surface area contributed by atoms with Crippen molar-refractivity contribution in [3.05, 3.63) is 34.3 Å². The fourth-order valence-electron chi connectivity index (χ4n) is 2.95. The molecule has 2 amide bonds. The van der Waals surface area contributed by atoms with E-state index in [0.29, 0.717) is 29.6 Å². The first kappa shape index (κ1) is 22.1. The molecule has 0 saturated carbocycles. The van der Waals surface area contributed by atoms with Gasteiger partial charge in [0, 0.05) is 39.2 Å². The van der Waals surface area contributed by atoms with Crippen molar-refractivity contribution in [1.82, 2.24) is 9.80 Å². The number of nitrogens with zero attached hydrogens (tertiary/aromatic N) is 2. The van der Waals surface area contributed by atoms with E-state index in [1.54, 1.807) is 31.1 Å². The molecule has 1 aliphatic rings. The van der Waals surface area contributed by atoms with Gasteiger partial charge in [-0.05, 0) is 57.7 Å². The van der Waals surface area contributed by atoms with E-state index in [1.165, 1.54) is 4.90 Å². The number of halogens is 1. The Morgan fingerprint density at radius 2 is 1.89 bits per heavy atom. The lowest BCUT2D eigenvalue weighted by molar-refractivity contribution is 0.0185. The summed E-state index contributed by atoms with van der Waals surface area (Å²) in [4.78, 5) is 27.4. The Hall–Kier alpha value is -2.19. The van der Waals surface area contributed by atoms with Crippen LogP contribution in [0.3, 0.4) is 0 Å². The van der Waals surface area contributed by atoms with Crippen LogP contribution in [0.4, 0.5) is 4.79 Å². The van der Waals surface area contributed by atoms with E-state index >= 15 is 0 Å². The topological polar surface area (TPSA) is 49.9 Å². The maximum atomic E-state index is 12.1. The van der Waals surface area contributed by atoms with Gasteiger partial charge in [0.1, 0.15) is 5.60 Å². The zero-order valence-corrected chi connectivity index (χ0v) is 18.1. The number of benzene rings is 1. The highest BCUT2D eigenvalue weighted by atomic mass is 35.5. The highest BCUT2D eigenvalue weighted by Gasteiger charge is 2.26. The van der Waals surface area contributed by atoms with Crippen molar-refractivity contribution < 1.29 is 14.3 Å². The van der Waals surface area contributed by atoms with Crippen molar-refractivity contribution in [2.45, 2.75) is 45.6 Å². The fourth-order valence-corrected chi connectivity index (χ4v) is 3.21. The zero-order valence-electron chi connectivity index (χ0n) is 17.3. The van der Waals surface area contributed by atoms with Crippen LogP contribution >= 0.6 is 11.6 Å². The summed E-state index contributed by atoms with van der Waals surface area (Å²) >= 11 is 6.22. The number of hydrogen-bond acceptors (Lipinski definition) is 3. The smallest absolute Gasteiger partial charge is 0.410 e. The first-order valence-corrected chi connectivity index (χ1v) is 9.92. The molecule has 0 spiro atoms. The summed E-state index contributed by atoms with van der Waals surface area (Å²) in [7, 11) is 3.39.